The van der Waals surface area contributed by atoms with Crippen LogP contribution in [-0.4, -0.2) is 51.3 Å². The van der Waals surface area contributed by atoms with E-state index in [9.17, 15) is 14.1 Å². The van der Waals surface area contributed by atoms with Gasteiger partial charge >= 0.3 is 0 Å². The van der Waals surface area contributed by atoms with Crippen molar-refractivity contribution in [1.82, 2.24) is 20.3 Å². The van der Waals surface area contributed by atoms with Crippen molar-refractivity contribution >= 4 is 28.7 Å². The number of nitrogens with one attached hydrogen (secondary N) is 2. The number of aromatic nitrogens is 3. The average Bonchev–Trinajstić information content (AvgIpc) is 3.31. The lowest BCUT2D eigenvalue weighted by Crippen LogP contribution is -2.32. The molecule has 0 saturated heterocycles. The fourth-order valence-electron chi connectivity index (χ4n) is 3.67. The van der Waals surface area contributed by atoms with Gasteiger partial charge in [-0.2, -0.15) is 0 Å². The van der Waals surface area contributed by atoms with E-state index in [1.165, 1.54) is 11.8 Å². The fraction of sp³-hybridized carbons (Fsp3) is 0.429. The molecule has 0 aliphatic carbocycles. The summed E-state index contributed by atoms with van der Waals surface area (Å²) in [5.74, 6) is -0.318. The highest BCUT2D eigenvalue weighted by Crippen LogP contribution is 2.38. The minimum atomic E-state index is -1.32. The van der Waals surface area contributed by atoms with Crippen LogP contribution in [0, 0.1) is 12.3 Å². The molecule has 38 heavy (non-hydrogen) atoms. The second-order valence-corrected chi connectivity index (χ2v) is 12.9. The van der Waals surface area contributed by atoms with Gasteiger partial charge in [0.05, 0.1) is 24.7 Å². The van der Waals surface area contributed by atoms with Crippen molar-refractivity contribution in [1.29, 1.82) is 0 Å². The van der Waals surface area contributed by atoms with Crippen molar-refractivity contribution in [3.63, 3.8) is 0 Å². The molecule has 1 heterocycles. The maximum atomic E-state index is 13.4. The topological polar surface area (TPSA) is 121 Å². The highest BCUT2D eigenvalue weighted by molar-refractivity contribution is 7.90. The smallest absolute Gasteiger partial charge is 0.273 e. The lowest BCUT2D eigenvalue weighted by atomic mass is 9.86. The van der Waals surface area contributed by atoms with Crippen molar-refractivity contribution in [3.05, 3.63) is 58.9 Å². The van der Waals surface area contributed by atoms with Crippen molar-refractivity contribution < 1.29 is 18.9 Å². The molecule has 1 aromatic heterocycles. The lowest BCUT2D eigenvalue weighted by molar-refractivity contribution is 0.0933. The summed E-state index contributed by atoms with van der Waals surface area (Å²) in [6.07, 6.45) is 3.12. The molecule has 0 fully saturated rings. The summed E-state index contributed by atoms with van der Waals surface area (Å²) in [6, 6.07) is 8.91. The number of hydrogen-bond acceptors (Lipinski definition) is 6. The van der Waals surface area contributed by atoms with E-state index in [0.29, 0.717) is 34.1 Å². The summed E-state index contributed by atoms with van der Waals surface area (Å²) in [6.45, 7) is 14.6. The molecule has 204 valence electrons. The minimum Gasteiger partial charge on any atom is -0.612 e. The molecule has 2 amide bonds. The van der Waals surface area contributed by atoms with Gasteiger partial charge in [-0.15, -0.1) is 5.10 Å². The molecule has 0 aliphatic heterocycles. The van der Waals surface area contributed by atoms with Gasteiger partial charge in [-0.3, -0.25) is 9.59 Å². The van der Waals surface area contributed by atoms with Crippen LogP contribution in [0.2, 0.25) is 0 Å². The first-order valence-electron chi connectivity index (χ1n) is 12.3. The van der Waals surface area contributed by atoms with Crippen LogP contribution in [0.3, 0.4) is 0 Å². The molecule has 2 aromatic carbocycles. The Labute approximate surface area is 227 Å². The number of rotatable bonds is 7. The van der Waals surface area contributed by atoms with Crippen molar-refractivity contribution in [2.45, 2.75) is 58.8 Å². The molecule has 2 N–H and O–H groups in total. The summed E-state index contributed by atoms with van der Waals surface area (Å²) < 4.78 is 19.5. The number of aryl methyl sites for hydroxylation is 1. The minimum absolute atomic E-state index is 0.0635. The van der Waals surface area contributed by atoms with E-state index < -0.39 is 11.2 Å². The third-order valence-electron chi connectivity index (χ3n) is 5.91. The number of hydrogen-bond donors (Lipinski definition) is 2. The molecule has 10 heteroatoms. The van der Waals surface area contributed by atoms with E-state index in [1.807, 2.05) is 60.6 Å². The van der Waals surface area contributed by atoms with E-state index >= 15 is 0 Å². The third kappa shape index (κ3) is 6.93. The Morgan fingerprint density at radius 2 is 1.76 bits per heavy atom. The molecule has 9 nitrogen and oxygen atoms in total. The summed E-state index contributed by atoms with van der Waals surface area (Å²) in [7, 11) is 1.49. The first-order chi connectivity index (χ1) is 17.6. The summed E-state index contributed by atoms with van der Waals surface area (Å²) in [5.41, 5.74) is 3.09. The maximum Gasteiger partial charge on any atom is 0.273 e. The van der Waals surface area contributed by atoms with Crippen LogP contribution in [0.5, 0.6) is 5.75 Å². The van der Waals surface area contributed by atoms with Crippen LogP contribution in [0.4, 0.5) is 5.69 Å². The molecule has 1 unspecified atom stereocenters. The second-order valence-electron chi connectivity index (χ2n) is 11.5. The Bertz CT molecular complexity index is 1340. The van der Waals surface area contributed by atoms with E-state index in [-0.39, 0.29) is 28.3 Å². The Balaban J connectivity index is 1.92. The molecule has 0 aliphatic rings. The number of benzene rings is 2. The zero-order chi connectivity index (χ0) is 28.4. The van der Waals surface area contributed by atoms with Crippen LogP contribution >= 0.6 is 0 Å². The van der Waals surface area contributed by atoms with Crippen molar-refractivity contribution in [2.75, 3.05) is 25.2 Å². The molecule has 0 radical (unpaired) electrons. The number of carbonyl (C=O) groups excluding carboxylic acids is 2. The van der Waals surface area contributed by atoms with Gasteiger partial charge in [-0.25, -0.2) is 4.68 Å². The van der Waals surface area contributed by atoms with E-state index in [0.717, 1.165) is 11.1 Å². The van der Waals surface area contributed by atoms with Gasteiger partial charge in [0.1, 0.15) is 6.26 Å². The van der Waals surface area contributed by atoms with E-state index in [4.69, 9.17) is 4.74 Å². The first kappa shape index (κ1) is 29.2. The Hall–Kier alpha value is -3.37. The monoisotopic (exact) mass is 539 g/mol. The standard InChI is InChI=1S/C28H37N5O4S/c1-17-10-11-18(12-22(17)33-15-21(31-32-33)26(35)29-16-27(2,3)4)25(34)30-20-13-19(28(5,6)7)14-23(38(9)36)24(20)37-8/h10-15H,16H2,1-9H3,(H,29,35)(H,30,34). The van der Waals surface area contributed by atoms with Crippen LogP contribution in [0.15, 0.2) is 41.4 Å². The fourth-order valence-corrected chi connectivity index (χ4v) is 4.41. The predicted molar refractivity (Wildman–Crippen MR) is 150 cm³/mol. The second kappa shape index (κ2) is 11.2. The number of ether oxygens (including phenoxy) is 1. The third-order valence-corrected chi connectivity index (χ3v) is 6.83. The quantitative estimate of drug-likeness (QED) is 0.422. The zero-order valence-corrected chi connectivity index (χ0v) is 24.4. The SMILES string of the molecule is COc1c(NC(=O)c2ccc(C)c(-n3cc(C(=O)NCC(C)(C)C)nn3)c2)cc(C(C)(C)C)cc1[S+](C)[O-]. The van der Waals surface area contributed by atoms with Gasteiger partial charge in [-0.1, -0.05) is 52.8 Å². The Kier molecular flexibility index (Phi) is 8.58. The molecule has 1 atom stereocenters. The molecule has 0 bridgehead atoms. The highest BCUT2D eigenvalue weighted by Gasteiger charge is 2.25. The predicted octanol–water partition coefficient (Wildman–Crippen LogP) is 4.65. The zero-order valence-electron chi connectivity index (χ0n) is 23.6. The van der Waals surface area contributed by atoms with Crippen LogP contribution < -0.4 is 15.4 Å². The highest BCUT2D eigenvalue weighted by atomic mass is 32.2. The molecule has 0 spiro atoms. The Morgan fingerprint density at radius 1 is 1.08 bits per heavy atom. The van der Waals surface area contributed by atoms with Crippen LogP contribution in [-0.2, 0) is 16.6 Å². The molecular weight excluding hydrogens is 502 g/mol. The first-order valence-corrected chi connectivity index (χ1v) is 13.9. The molecule has 3 rings (SSSR count). The van der Waals surface area contributed by atoms with E-state index in [1.54, 1.807) is 30.7 Å². The van der Waals surface area contributed by atoms with Gasteiger partial charge in [0, 0.05) is 18.2 Å². The number of nitrogens with zero attached hydrogens (tertiary/aromatic N) is 3. The Morgan fingerprint density at radius 3 is 2.34 bits per heavy atom. The lowest BCUT2D eigenvalue weighted by Gasteiger charge is -2.23. The molecule has 0 saturated carbocycles. The summed E-state index contributed by atoms with van der Waals surface area (Å²) in [5, 5.41) is 13.9. The van der Waals surface area contributed by atoms with Gasteiger partial charge in [0.15, 0.2) is 16.3 Å². The summed E-state index contributed by atoms with van der Waals surface area (Å²) in [4.78, 5) is 26.4. The number of anilines is 1. The van der Waals surface area contributed by atoms with Crippen LogP contribution in [0.25, 0.3) is 5.69 Å². The van der Waals surface area contributed by atoms with Gasteiger partial charge in [0.2, 0.25) is 0 Å². The van der Waals surface area contributed by atoms with Gasteiger partial charge < -0.3 is 19.9 Å². The average molecular weight is 540 g/mol. The number of carbonyl (C=O) groups is 2. The van der Waals surface area contributed by atoms with Crippen molar-refractivity contribution in [2.24, 2.45) is 5.41 Å². The van der Waals surface area contributed by atoms with Gasteiger partial charge in [0.25, 0.3) is 11.8 Å². The number of amides is 2. The van der Waals surface area contributed by atoms with Crippen LogP contribution in [0.1, 0.15) is 73.5 Å². The largest absolute Gasteiger partial charge is 0.612 e. The summed E-state index contributed by atoms with van der Waals surface area (Å²) >= 11 is -1.32. The number of methoxy groups -OCH3 is 1. The molecular formula is C28H37N5O4S. The normalized spacial score (nSPS) is 12.7. The van der Waals surface area contributed by atoms with E-state index in [2.05, 4.69) is 20.9 Å². The van der Waals surface area contributed by atoms with Gasteiger partial charge in [-0.05, 0) is 58.3 Å². The van der Waals surface area contributed by atoms with Crippen molar-refractivity contribution in [3.8, 4) is 11.4 Å². The molecule has 3 aromatic rings. The maximum absolute atomic E-state index is 13.4.